The molecule has 0 amide bonds. The zero-order valence-corrected chi connectivity index (χ0v) is 12.7. The van der Waals surface area contributed by atoms with Crippen molar-refractivity contribution in [3.63, 3.8) is 0 Å². The molecule has 1 nitrogen and oxygen atoms in total. The van der Waals surface area contributed by atoms with Gasteiger partial charge >= 0.3 is 0 Å². The smallest absolute Gasteiger partial charge is 0.168 e. The van der Waals surface area contributed by atoms with Gasteiger partial charge in [0.15, 0.2) is 5.78 Å². The Morgan fingerprint density at radius 2 is 1.95 bits per heavy atom. The molecule has 98 valence electrons. The summed E-state index contributed by atoms with van der Waals surface area (Å²) in [6.07, 6.45) is 0.0385. The van der Waals surface area contributed by atoms with E-state index in [-0.39, 0.29) is 17.2 Å². The number of halogens is 4. The average Bonchev–Trinajstić information content (AvgIpc) is 2.34. The molecule has 0 aliphatic carbocycles. The quantitative estimate of drug-likeness (QED) is 0.676. The Kier molecular flexibility index (Phi) is 4.61. The lowest BCUT2D eigenvalue weighted by atomic mass is 10.0. The minimum absolute atomic E-state index is 0.0130. The molecule has 0 bridgehead atoms. The van der Waals surface area contributed by atoms with Gasteiger partial charge in [0, 0.05) is 21.5 Å². The van der Waals surface area contributed by atoms with Crippen molar-refractivity contribution >= 4 is 44.9 Å². The molecule has 2 aromatic carbocycles. The van der Waals surface area contributed by atoms with E-state index in [2.05, 4.69) is 15.9 Å². The van der Waals surface area contributed by atoms with E-state index in [9.17, 15) is 9.18 Å². The van der Waals surface area contributed by atoms with E-state index >= 15 is 0 Å². The van der Waals surface area contributed by atoms with Crippen molar-refractivity contribution in [3.8, 4) is 0 Å². The number of hydrogen-bond acceptors (Lipinski definition) is 1. The van der Waals surface area contributed by atoms with Crippen LogP contribution in [0.3, 0.4) is 0 Å². The highest BCUT2D eigenvalue weighted by Gasteiger charge is 2.14. The summed E-state index contributed by atoms with van der Waals surface area (Å²) in [5.41, 5.74) is 0.957. The van der Waals surface area contributed by atoms with Crippen molar-refractivity contribution in [1.29, 1.82) is 0 Å². The zero-order valence-electron chi connectivity index (χ0n) is 9.59. The van der Waals surface area contributed by atoms with Gasteiger partial charge in [0.25, 0.3) is 0 Å². The molecule has 0 saturated carbocycles. The summed E-state index contributed by atoms with van der Waals surface area (Å²) < 4.78 is 13.9. The van der Waals surface area contributed by atoms with E-state index in [0.29, 0.717) is 20.6 Å². The van der Waals surface area contributed by atoms with E-state index in [1.807, 2.05) is 0 Å². The van der Waals surface area contributed by atoms with Gasteiger partial charge in [0.2, 0.25) is 0 Å². The molecule has 0 saturated heterocycles. The SMILES string of the molecule is O=C(Cc1cccc(F)c1Cl)c1ccc(Cl)cc1Br. The fourth-order valence-electron chi connectivity index (χ4n) is 1.67. The molecule has 0 aromatic heterocycles. The average molecular weight is 362 g/mol. The van der Waals surface area contributed by atoms with E-state index < -0.39 is 5.82 Å². The maximum Gasteiger partial charge on any atom is 0.168 e. The Morgan fingerprint density at radius 1 is 1.21 bits per heavy atom. The van der Waals surface area contributed by atoms with Crippen molar-refractivity contribution in [2.45, 2.75) is 6.42 Å². The lowest BCUT2D eigenvalue weighted by Crippen LogP contribution is -2.05. The first-order valence-corrected chi connectivity index (χ1v) is 6.95. The van der Waals surface area contributed by atoms with Crippen LogP contribution in [0.25, 0.3) is 0 Å². The molecule has 0 N–H and O–H groups in total. The van der Waals surface area contributed by atoms with Crippen LogP contribution < -0.4 is 0 Å². The van der Waals surface area contributed by atoms with Gasteiger partial charge in [-0.2, -0.15) is 0 Å². The molecule has 0 radical (unpaired) electrons. The first-order valence-electron chi connectivity index (χ1n) is 5.40. The van der Waals surface area contributed by atoms with Crippen LogP contribution in [-0.2, 0) is 6.42 Å². The van der Waals surface area contributed by atoms with Gasteiger partial charge in [-0.25, -0.2) is 4.39 Å². The monoisotopic (exact) mass is 360 g/mol. The number of carbonyl (C=O) groups is 1. The Hall–Kier alpha value is -0.900. The summed E-state index contributed by atoms with van der Waals surface area (Å²) >= 11 is 14.9. The molecule has 0 aliphatic rings. The third-order valence-corrected chi connectivity index (χ3v) is 3.93. The highest BCUT2D eigenvalue weighted by molar-refractivity contribution is 9.10. The third kappa shape index (κ3) is 3.35. The van der Waals surface area contributed by atoms with Gasteiger partial charge in [0.1, 0.15) is 5.82 Å². The molecule has 2 aromatic rings. The van der Waals surface area contributed by atoms with Gasteiger partial charge in [-0.05, 0) is 45.8 Å². The molecule has 5 heteroatoms. The fourth-order valence-corrected chi connectivity index (χ4v) is 2.77. The summed E-state index contributed by atoms with van der Waals surface area (Å²) in [5, 5.41) is 0.521. The summed E-state index contributed by atoms with van der Waals surface area (Å²) in [5.74, 6) is -0.682. The summed E-state index contributed by atoms with van der Waals surface area (Å²) in [4.78, 5) is 12.2. The van der Waals surface area contributed by atoms with Crippen LogP contribution in [-0.4, -0.2) is 5.78 Å². The second-order valence-corrected chi connectivity index (χ2v) is 5.61. The fraction of sp³-hybridized carbons (Fsp3) is 0.0714. The number of carbonyl (C=O) groups excluding carboxylic acids is 1. The standard InChI is InChI=1S/C14H8BrCl2FO/c15-11-7-9(16)4-5-10(11)13(19)6-8-2-1-3-12(18)14(8)17/h1-5,7H,6H2. The second kappa shape index (κ2) is 6.04. The van der Waals surface area contributed by atoms with Crippen LogP contribution in [0.15, 0.2) is 40.9 Å². The Balaban J connectivity index is 2.28. The molecule has 0 aliphatic heterocycles. The van der Waals surface area contributed by atoms with Gasteiger partial charge in [0.05, 0.1) is 5.02 Å². The predicted molar refractivity (Wildman–Crippen MR) is 78.6 cm³/mol. The largest absolute Gasteiger partial charge is 0.294 e. The maximum atomic E-state index is 13.3. The van der Waals surface area contributed by atoms with Gasteiger partial charge in [-0.15, -0.1) is 0 Å². The van der Waals surface area contributed by atoms with Crippen LogP contribution in [0.4, 0.5) is 4.39 Å². The number of benzene rings is 2. The number of Topliss-reactive ketones (excluding diaryl/α,β-unsaturated/α-hetero) is 1. The second-order valence-electron chi connectivity index (χ2n) is 3.94. The normalized spacial score (nSPS) is 10.5. The van der Waals surface area contributed by atoms with Crippen LogP contribution in [0.5, 0.6) is 0 Å². The van der Waals surface area contributed by atoms with E-state index in [4.69, 9.17) is 23.2 Å². The molecular weight excluding hydrogens is 354 g/mol. The minimum Gasteiger partial charge on any atom is -0.294 e. The first-order chi connectivity index (χ1) is 8.99. The topological polar surface area (TPSA) is 17.1 Å². The van der Waals surface area contributed by atoms with Crippen LogP contribution in [0.1, 0.15) is 15.9 Å². The summed E-state index contributed by atoms with van der Waals surface area (Å²) in [7, 11) is 0. The lowest BCUT2D eigenvalue weighted by Gasteiger charge is -2.06. The molecule has 0 atom stereocenters. The van der Waals surface area contributed by atoms with Crippen LogP contribution >= 0.6 is 39.1 Å². The molecule has 0 heterocycles. The van der Waals surface area contributed by atoms with Gasteiger partial charge in [-0.3, -0.25) is 4.79 Å². The van der Waals surface area contributed by atoms with E-state index in [1.54, 1.807) is 24.3 Å². The van der Waals surface area contributed by atoms with Crippen molar-refractivity contribution in [1.82, 2.24) is 0 Å². The Labute approximate surface area is 128 Å². The Bertz CT molecular complexity index is 643. The predicted octanol–water partition coefficient (Wildman–Crippen LogP) is 5.32. The molecule has 19 heavy (non-hydrogen) atoms. The highest BCUT2D eigenvalue weighted by Crippen LogP contribution is 2.25. The minimum atomic E-state index is -0.526. The molecule has 2 rings (SSSR count). The third-order valence-electron chi connectivity index (χ3n) is 2.61. The summed E-state index contributed by atoms with van der Waals surface area (Å²) in [6.45, 7) is 0. The number of hydrogen-bond donors (Lipinski definition) is 0. The Morgan fingerprint density at radius 3 is 2.63 bits per heavy atom. The summed E-state index contributed by atoms with van der Waals surface area (Å²) in [6, 6.07) is 9.32. The van der Waals surface area contributed by atoms with E-state index in [0.717, 1.165) is 0 Å². The van der Waals surface area contributed by atoms with E-state index in [1.165, 1.54) is 12.1 Å². The zero-order chi connectivity index (χ0) is 14.0. The highest BCUT2D eigenvalue weighted by atomic mass is 79.9. The number of ketones is 1. The molecule has 0 spiro atoms. The number of rotatable bonds is 3. The molecular formula is C14H8BrCl2FO. The van der Waals surface area contributed by atoms with Crippen LogP contribution in [0.2, 0.25) is 10.0 Å². The van der Waals surface area contributed by atoms with Crippen LogP contribution in [0, 0.1) is 5.82 Å². The first kappa shape index (κ1) is 14.5. The molecule has 0 unspecified atom stereocenters. The maximum absolute atomic E-state index is 13.3. The molecule has 0 fully saturated rings. The van der Waals surface area contributed by atoms with Crippen molar-refractivity contribution < 1.29 is 9.18 Å². The van der Waals surface area contributed by atoms with Crippen molar-refractivity contribution in [2.75, 3.05) is 0 Å². The van der Waals surface area contributed by atoms with Gasteiger partial charge in [-0.1, -0.05) is 35.3 Å². The van der Waals surface area contributed by atoms with Crippen molar-refractivity contribution in [3.05, 3.63) is 67.9 Å². The van der Waals surface area contributed by atoms with Gasteiger partial charge < -0.3 is 0 Å². The van der Waals surface area contributed by atoms with Crippen molar-refractivity contribution in [2.24, 2.45) is 0 Å². The lowest BCUT2D eigenvalue weighted by molar-refractivity contribution is 0.0992.